The number of benzene rings is 1. The van der Waals surface area contributed by atoms with E-state index < -0.39 is 21.6 Å². The molecule has 0 saturated heterocycles. The van der Waals surface area contributed by atoms with Crippen LogP contribution in [0, 0.1) is 0 Å². The maximum atomic E-state index is 13.2. The van der Waals surface area contributed by atoms with Crippen LogP contribution in [0.4, 0.5) is 8.78 Å². The quantitative estimate of drug-likeness (QED) is 0.606. The molecule has 25 heavy (non-hydrogen) atoms. The van der Waals surface area contributed by atoms with Gasteiger partial charge in [0.2, 0.25) is 5.28 Å². The Hall–Kier alpha value is -2.17. The van der Waals surface area contributed by atoms with E-state index in [0.717, 1.165) is 12.1 Å². The Kier molecular flexibility index (Phi) is 3.37. The summed E-state index contributed by atoms with van der Waals surface area (Å²) in [7, 11) is -4.29. The number of alkyl halides is 2. The van der Waals surface area contributed by atoms with Gasteiger partial charge < -0.3 is 9.47 Å². The summed E-state index contributed by atoms with van der Waals surface area (Å²) < 4.78 is 61.4. The molecule has 3 aromatic rings. The van der Waals surface area contributed by atoms with Crippen LogP contribution in [0.5, 0.6) is 11.5 Å². The monoisotopic (exact) mass is 407 g/mol. The third-order valence-electron chi connectivity index (χ3n) is 3.34. The minimum Gasteiger partial charge on any atom is -0.395 e. The molecule has 0 radical (unpaired) electrons. The standard InChI is InChI=1S/C13H5Cl2F2N3O4S/c14-11-10(2-1-3-18-11)25(21,22)20-7-5-9-8(23-13(16,17)24-9)4-6(7)19-12(20)15/h1-5H. The van der Waals surface area contributed by atoms with Crippen molar-refractivity contribution in [3.8, 4) is 11.5 Å². The Labute approximate surface area is 148 Å². The normalized spacial score (nSPS) is 15.7. The second kappa shape index (κ2) is 5.16. The zero-order valence-corrected chi connectivity index (χ0v) is 14.1. The molecule has 12 heteroatoms. The van der Waals surface area contributed by atoms with Gasteiger partial charge in [-0.2, -0.15) is 0 Å². The van der Waals surface area contributed by atoms with Gasteiger partial charge in [-0.25, -0.2) is 22.4 Å². The van der Waals surface area contributed by atoms with Crippen molar-refractivity contribution in [2.75, 3.05) is 0 Å². The topological polar surface area (TPSA) is 83.3 Å². The van der Waals surface area contributed by atoms with Crippen LogP contribution in [-0.4, -0.2) is 28.7 Å². The highest BCUT2D eigenvalue weighted by Gasteiger charge is 2.44. The van der Waals surface area contributed by atoms with E-state index in [1.165, 1.54) is 18.3 Å². The highest BCUT2D eigenvalue weighted by molar-refractivity contribution is 7.90. The first-order chi connectivity index (χ1) is 11.7. The Bertz CT molecular complexity index is 1130. The lowest BCUT2D eigenvalue weighted by Gasteiger charge is -2.08. The second-order valence-electron chi connectivity index (χ2n) is 4.90. The van der Waals surface area contributed by atoms with Crippen molar-refractivity contribution in [3.63, 3.8) is 0 Å². The van der Waals surface area contributed by atoms with Crippen molar-refractivity contribution in [2.24, 2.45) is 0 Å². The Morgan fingerprint density at radius 3 is 2.52 bits per heavy atom. The van der Waals surface area contributed by atoms with Crippen molar-refractivity contribution in [1.29, 1.82) is 0 Å². The molecule has 1 aliphatic rings. The van der Waals surface area contributed by atoms with Crippen molar-refractivity contribution >= 4 is 44.3 Å². The van der Waals surface area contributed by atoms with Crippen LogP contribution < -0.4 is 9.47 Å². The molecule has 3 heterocycles. The van der Waals surface area contributed by atoms with Crippen LogP contribution in [0.2, 0.25) is 10.4 Å². The van der Waals surface area contributed by atoms with Gasteiger partial charge in [-0.3, -0.25) is 0 Å². The summed E-state index contributed by atoms with van der Waals surface area (Å²) in [6, 6.07) is 4.76. The van der Waals surface area contributed by atoms with Gasteiger partial charge >= 0.3 is 6.29 Å². The van der Waals surface area contributed by atoms with Crippen molar-refractivity contribution in [2.45, 2.75) is 11.2 Å². The first-order valence-corrected chi connectivity index (χ1v) is 8.72. The van der Waals surface area contributed by atoms with E-state index in [2.05, 4.69) is 19.4 Å². The number of ether oxygens (including phenoxy) is 2. The number of fused-ring (bicyclic) bond motifs is 2. The van der Waals surface area contributed by atoms with Gasteiger partial charge in [0.15, 0.2) is 11.5 Å². The number of hydrogen-bond donors (Lipinski definition) is 0. The first-order valence-electron chi connectivity index (χ1n) is 6.53. The molecule has 2 aromatic heterocycles. The molecule has 0 atom stereocenters. The molecule has 0 spiro atoms. The second-order valence-corrected chi connectivity index (χ2v) is 7.35. The summed E-state index contributed by atoms with van der Waals surface area (Å²) in [4.78, 5) is 7.25. The molecule has 0 bridgehead atoms. The third kappa shape index (κ3) is 2.48. The Balaban J connectivity index is 1.97. The summed E-state index contributed by atoms with van der Waals surface area (Å²) in [6.45, 7) is 0. The molecular formula is C13H5Cl2F2N3O4S. The number of aromatic nitrogens is 3. The molecule has 0 N–H and O–H groups in total. The molecule has 0 aliphatic carbocycles. The fourth-order valence-electron chi connectivity index (χ4n) is 2.36. The maximum Gasteiger partial charge on any atom is 0.586 e. The Morgan fingerprint density at radius 1 is 1.16 bits per heavy atom. The lowest BCUT2D eigenvalue weighted by atomic mass is 10.3. The van der Waals surface area contributed by atoms with Crippen LogP contribution in [0.1, 0.15) is 0 Å². The van der Waals surface area contributed by atoms with Crippen molar-refractivity contribution in [1.82, 2.24) is 13.9 Å². The molecule has 4 rings (SSSR count). The van der Waals surface area contributed by atoms with Gasteiger partial charge in [0.05, 0.1) is 11.0 Å². The molecule has 0 amide bonds. The maximum absolute atomic E-state index is 13.2. The molecule has 1 aliphatic heterocycles. The minimum atomic E-state index is -4.29. The summed E-state index contributed by atoms with van der Waals surface area (Å²) in [6.07, 6.45) is -2.53. The number of pyridine rings is 1. The Morgan fingerprint density at radius 2 is 1.84 bits per heavy atom. The summed E-state index contributed by atoms with van der Waals surface area (Å²) in [5, 5.41) is -0.682. The molecule has 0 fully saturated rings. The predicted molar refractivity (Wildman–Crippen MR) is 82.8 cm³/mol. The van der Waals surface area contributed by atoms with Gasteiger partial charge in [0, 0.05) is 18.3 Å². The van der Waals surface area contributed by atoms with E-state index >= 15 is 0 Å². The summed E-state index contributed by atoms with van der Waals surface area (Å²) in [5.74, 6) is -0.626. The zero-order valence-electron chi connectivity index (χ0n) is 11.8. The van der Waals surface area contributed by atoms with Gasteiger partial charge in [-0.05, 0) is 23.7 Å². The highest BCUT2D eigenvalue weighted by atomic mass is 35.5. The highest BCUT2D eigenvalue weighted by Crippen LogP contribution is 2.44. The molecule has 0 unspecified atom stereocenters. The van der Waals surface area contributed by atoms with E-state index in [9.17, 15) is 17.2 Å². The first kappa shape index (κ1) is 16.3. The van der Waals surface area contributed by atoms with Crippen LogP contribution in [0.25, 0.3) is 11.0 Å². The van der Waals surface area contributed by atoms with E-state index in [1.807, 2.05) is 0 Å². The summed E-state index contributed by atoms with van der Waals surface area (Å²) in [5.41, 5.74) is -0.0568. The average molecular weight is 408 g/mol. The number of hydrogen-bond acceptors (Lipinski definition) is 6. The van der Waals surface area contributed by atoms with E-state index in [1.54, 1.807) is 0 Å². The van der Waals surface area contributed by atoms with Crippen LogP contribution in [-0.2, 0) is 10.0 Å². The smallest absolute Gasteiger partial charge is 0.395 e. The van der Waals surface area contributed by atoms with Gasteiger partial charge in [0.25, 0.3) is 10.0 Å². The number of imidazole rings is 1. The lowest BCUT2D eigenvalue weighted by Crippen LogP contribution is -2.25. The van der Waals surface area contributed by atoms with Gasteiger partial charge in [-0.15, -0.1) is 8.78 Å². The molecule has 0 saturated carbocycles. The fourth-order valence-corrected chi connectivity index (χ4v) is 4.59. The van der Waals surface area contributed by atoms with E-state index in [0.29, 0.717) is 3.97 Å². The van der Waals surface area contributed by atoms with Crippen molar-refractivity contribution in [3.05, 3.63) is 40.9 Å². The molecular weight excluding hydrogens is 403 g/mol. The molecule has 130 valence electrons. The average Bonchev–Trinajstić information content (AvgIpc) is 2.97. The summed E-state index contributed by atoms with van der Waals surface area (Å²) >= 11 is 11.8. The van der Waals surface area contributed by atoms with Crippen LogP contribution in [0.15, 0.2) is 35.4 Å². The van der Waals surface area contributed by atoms with Crippen molar-refractivity contribution < 1.29 is 26.7 Å². The SMILES string of the molecule is O=S(=O)(c1cccnc1Cl)n1c(Cl)nc2cc3c(cc21)OC(F)(F)O3. The molecule has 1 aromatic carbocycles. The van der Waals surface area contributed by atoms with E-state index in [-0.39, 0.29) is 32.6 Å². The van der Waals surface area contributed by atoms with E-state index in [4.69, 9.17) is 23.2 Å². The fraction of sp³-hybridized carbons (Fsp3) is 0.0769. The number of halogens is 4. The minimum absolute atomic E-state index is 0.0219. The van der Waals surface area contributed by atoms with Crippen LogP contribution in [0.3, 0.4) is 0 Å². The number of nitrogens with zero attached hydrogens (tertiary/aromatic N) is 3. The third-order valence-corrected chi connectivity index (χ3v) is 5.84. The number of rotatable bonds is 2. The van der Waals surface area contributed by atoms with Gasteiger partial charge in [0.1, 0.15) is 10.0 Å². The van der Waals surface area contributed by atoms with Crippen LogP contribution >= 0.6 is 23.2 Å². The lowest BCUT2D eigenvalue weighted by molar-refractivity contribution is -0.286. The largest absolute Gasteiger partial charge is 0.586 e. The predicted octanol–water partition coefficient (Wildman–Crippen LogP) is 3.30. The molecule has 7 nitrogen and oxygen atoms in total. The zero-order chi connectivity index (χ0) is 18.0. The van der Waals surface area contributed by atoms with Gasteiger partial charge in [-0.1, -0.05) is 11.6 Å².